The minimum Gasteiger partial charge on any atom is -0.303 e. The van der Waals surface area contributed by atoms with Crippen molar-refractivity contribution < 1.29 is 4.79 Å². The highest BCUT2D eigenvalue weighted by Crippen LogP contribution is 2.47. The van der Waals surface area contributed by atoms with Gasteiger partial charge in [-0.2, -0.15) is 0 Å². The molecule has 0 atom stereocenters. The highest BCUT2D eigenvalue weighted by Gasteiger charge is 2.38. The summed E-state index contributed by atoms with van der Waals surface area (Å²) >= 11 is 0. The second-order valence-electron chi connectivity index (χ2n) is 10.9. The second-order valence-corrected chi connectivity index (χ2v) is 10.9. The summed E-state index contributed by atoms with van der Waals surface area (Å²) in [7, 11) is 0. The van der Waals surface area contributed by atoms with Crippen LogP contribution in [0, 0.1) is 18.3 Å². The zero-order valence-corrected chi connectivity index (χ0v) is 26.0. The number of ketones is 1. The summed E-state index contributed by atoms with van der Waals surface area (Å²) in [6.45, 7) is 20.6. The molecule has 0 aromatic heterocycles. The predicted octanol–water partition coefficient (Wildman–Crippen LogP) is 9.55. The smallest absolute Gasteiger partial charge is 0.162 e. The first kappa shape index (κ1) is 34.4. The van der Waals surface area contributed by atoms with Crippen molar-refractivity contribution in [1.29, 1.82) is 0 Å². The zero-order chi connectivity index (χ0) is 29.3. The Bertz CT molecular complexity index is 1010. The summed E-state index contributed by atoms with van der Waals surface area (Å²) in [5.41, 5.74) is 7.98. The maximum atomic E-state index is 12.5. The molecular weight excluding hydrogens is 474 g/mol. The van der Waals surface area contributed by atoms with Crippen LogP contribution in [-0.2, 0) is 17.6 Å². The number of hydrogen-bond donors (Lipinski definition) is 0. The van der Waals surface area contributed by atoms with E-state index in [9.17, 15) is 4.79 Å². The maximum absolute atomic E-state index is 12.5. The van der Waals surface area contributed by atoms with E-state index in [1.54, 1.807) is 0 Å². The van der Waals surface area contributed by atoms with Gasteiger partial charge in [-0.05, 0) is 113 Å². The molecule has 2 nitrogen and oxygen atoms in total. The van der Waals surface area contributed by atoms with E-state index in [1.807, 2.05) is 39.8 Å². The summed E-state index contributed by atoms with van der Waals surface area (Å²) in [6, 6.07) is 6.98. The van der Waals surface area contributed by atoms with Gasteiger partial charge in [0.25, 0.3) is 0 Å². The van der Waals surface area contributed by atoms with E-state index in [4.69, 9.17) is 0 Å². The number of carbonyl (C=O) groups is 1. The van der Waals surface area contributed by atoms with Crippen LogP contribution in [0.1, 0.15) is 110 Å². The van der Waals surface area contributed by atoms with Gasteiger partial charge in [-0.3, -0.25) is 4.79 Å². The lowest BCUT2D eigenvalue weighted by Gasteiger charge is -2.45. The first-order valence-corrected chi connectivity index (χ1v) is 15.2. The fourth-order valence-electron chi connectivity index (χ4n) is 5.71. The molecule has 39 heavy (non-hydrogen) atoms. The van der Waals surface area contributed by atoms with E-state index in [2.05, 4.69) is 68.5 Å². The van der Waals surface area contributed by atoms with E-state index < -0.39 is 0 Å². The Morgan fingerprint density at radius 2 is 1.74 bits per heavy atom. The third kappa shape index (κ3) is 10.8. The molecule has 1 aliphatic carbocycles. The minimum atomic E-state index is 0.227. The number of likely N-dealkylation sites (tertiary alicyclic amines) is 1. The molecule has 3 rings (SSSR count). The van der Waals surface area contributed by atoms with E-state index >= 15 is 0 Å². The van der Waals surface area contributed by atoms with Crippen LogP contribution in [0.4, 0.5) is 0 Å². The van der Waals surface area contributed by atoms with Gasteiger partial charge in [0, 0.05) is 12.0 Å². The number of Topliss-reactive ketones (excluding diaryl/α,β-unsaturated/α-hetero) is 1. The van der Waals surface area contributed by atoms with Crippen LogP contribution in [-0.4, -0.2) is 30.3 Å². The Labute approximate surface area is 241 Å². The number of piperidine rings is 1. The van der Waals surface area contributed by atoms with Crippen molar-refractivity contribution in [3.05, 3.63) is 76.9 Å². The molecule has 1 aromatic carbocycles. The van der Waals surface area contributed by atoms with Gasteiger partial charge in [-0.15, -0.1) is 12.8 Å². The quantitative estimate of drug-likeness (QED) is 0.0935. The number of rotatable bonds is 11. The number of hydrogen-bond acceptors (Lipinski definition) is 2. The number of fused-ring (bicyclic) bond motifs is 1. The van der Waals surface area contributed by atoms with E-state index in [0.29, 0.717) is 11.8 Å². The number of allylic oxidation sites excluding steroid dienone is 7. The molecular formula is C37H55NO. The molecule has 214 valence electrons. The van der Waals surface area contributed by atoms with Crippen molar-refractivity contribution in [2.24, 2.45) is 5.41 Å². The largest absolute Gasteiger partial charge is 0.303 e. The van der Waals surface area contributed by atoms with Crippen LogP contribution < -0.4 is 0 Å². The van der Waals surface area contributed by atoms with Crippen molar-refractivity contribution >= 4 is 11.4 Å². The molecule has 0 amide bonds. The van der Waals surface area contributed by atoms with E-state index in [1.165, 1.54) is 86.0 Å². The highest BCUT2D eigenvalue weighted by atomic mass is 16.1. The molecule has 0 bridgehead atoms. The molecule has 0 N–H and O–H groups in total. The van der Waals surface area contributed by atoms with Crippen LogP contribution >= 0.6 is 0 Å². The van der Waals surface area contributed by atoms with Crippen LogP contribution in [0.5, 0.6) is 0 Å². The normalized spacial score (nSPS) is 17.2. The molecule has 0 radical (unpaired) electrons. The Hall–Kier alpha value is -2.63. The third-order valence-corrected chi connectivity index (χ3v) is 8.23. The fraction of sp³-hybridized carbons (Fsp3) is 0.541. The van der Waals surface area contributed by atoms with Crippen molar-refractivity contribution in [1.82, 2.24) is 4.90 Å². The number of nitrogens with zero attached hydrogens (tertiary/aromatic N) is 1. The van der Waals surface area contributed by atoms with Crippen molar-refractivity contribution in [2.75, 3.05) is 19.6 Å². The molecule has 0 saturated carbocycles. The summed E-state index contributed by atoms with van der Waals surface area (Å²) in [6.07, 6.45) is 27.4. The molecule has 0 unspecified atom stereocenters. The lowest BCUT2D eigenvalue weighted by Crippen LogP contribution is -2.42. The van der Waals surface area contributed by atoms with Gasteiger partial charge in [-0.1, -0.05) is 88.3 Å². The van der Waals surface area contributed by atoms with Crippen LogP contribution in [0.3, 0.4) is 0 Å². The van der Waals surface area contributed by atoms with E-state index in [-0.39, 0.29) is 5.78 Å². The van der Waals surface area contributed by atoms with Gasteiger partial charge in [0.2, 0.25) is 0 Å². The molecule has 2 heteroatoms. The topological polar surface area (TPSA) is 20.3 Å². The summed E-state index contributed by atoms with van der Waals surface area (Å²) in [4.78, 5) is 15.2. The monoisotopic (exact) mass is 529 g/mol. The van der Waals surface area contributed by atoms with Gasteiger partial charge in [0.05, 0.1) is 0 Å². The minimum absolute atomic E-state index is 0.227. The van der Waals surface area contributed by atoms with Crippen molar-refractivity contribution in [3.63, 3.8) is 0 Å². The Morgan fingerprint density at radius 1 is 1.05 bits per heavy atom. The number of carbonyl (C=O) groups excluding carboxylic acids is 1. The average molecular weight is 530 g/mol. The highest BCUT2D eigenvalue weighted by molar-refractivity contribution is 5.98. The fourth-order valence-corrected chi connectivity index (χ4v) is 5.71. The summed E-state index contributed by atoms with van der Waals surface area (Å²) in [5.74, 6) is 0.227. The van der Waals surface area contributed by atoms with Gasteiger partial charge < -0.3 is 4.90 Å². The predicted molar refractivity (Wildman–Crippen MR) is 173 cm³/mol. The molecule has 1 heterocycles. The Morgan fingerprint density at radius 3 is 2.36 bits per heavy atom. The molecule has 1 aliphatic heterocycles. The second kappa shape index (κ2) is 18.6. The first-order chi connectivity index (χ1) is 18.9. The molecule has 2 aliphatic rings. The lowest BCUT2D eigenvalue weighted by molar-refractivity contribution is -0.115. The number of benzene rings is 1. The molecule has 1 spiro atoms. The van der Waals surface area contributed by atoms with Gasteiger partial charge in [0.15, 0.2) is 5.78 Å². The number of unbranched alkanes of at least 4 members (excludes halogenated alkanes) is 2. The van der Waals surface area contributed by atoms with Crippen LogP contribution in [0.15, 0.2) is 60.2 Å². The van der Waals surface area contributed by atoms with Crippen LogP contribution in [0.2, 0.25) is 0 Å². The van der Waals surface area contributed by atoms with Gasteiger partial charge in [-0.25, -0.2) is 0 Å². The SMILES string of the molecule is C#C.C=C1CC2(CCN(CCCCC)CC2)Cc2ccc(C/C=C\C(=C/C)C(=O)CC/C(C)=C/C)cc21.CC. The van der Waals surface area contributed by atoms with Crippen molar-refractivity contribution in [3.8, 4) is 12.8 Å². The Kier molecular flexibility index (Phi) is 16.4. The van der Waals surface area contributed by atoms with Crippen LogP contribution in [0.25, 0.3) is 5.57 Å². The number of terminal acetylenes is 1. The van der Waals surface area contributed by atoms with E-state index in [0.717, 1.165) is 24.8 Å². The lowest BCUT2D eigenvalue weighted by atomic mass is 9.64. The third-order valence-electron chi connectivity index (χ3n) is 8.23. The van der Waals surface area contributed by atoms with Crippen molar-refractivity contribution in [2.45, 2.75) is 106 Å². The Balaban J connectivity index is 0.00000181. The van der Waals surface area contributed by atoms with Gasteiger partial charge in [0.1, 0.15) is 0 Å². The molecule has 1 saturated heterocycles. The first-order valence-electron chi connectivity index (χ1n) is 15.2. The summed E-state index contributed by atoms with van der Waals surface area (Å²) in [5, 5.41) is 0. The summed E-state index contributed by atoms with van der Waals surface area (Å²) < 4.78 is 0. The van der Waals surface area contributed by atoms with Gasteiger partial charge >= 0.3 is 0 Å². The maximum Gasteiger partial charge on any atom is 0.162 e. The average Bonchev–Trinajstić information content (AvgIpc) is 2.97. The molecule has 1 aromatic rings. The standard InChI is InChI=1S/C33H47NO.C2H6.C2H2/c1-6-9-10-20-34-21-18-33(19-22-34)24-27(5)31-23-28(15-16-30(31)25-33)12-11-13-29(8-3)32(35)17-14-26(4)7-2;2*1-2/h7-8,11,13,15-16,23H,5-6,9-10,12,14,17-22,24-25H2,1-4H3;1-2H3;1-2H/b13-11-,26-7+,29-8+;;. The zero-order valence-electron chi connectivity index (χ0n) is 26.0. The molecule has 1 fully saturated rings.